The summed E-state index contributed by atoms with van der Waals surface area (Å²) >= 11 is 0. The molecule has 4 nitrogen and oxygen atoms in total. The van der Waals surface area contributed by atoms with Crippen LogP contribution in [0, 0.1) is 0 Å². The van der Waals surface area contributed by atoms with E-state index in [1.807, 2.05) is 24.3 Å². The first-order chi connectivity index (χ1) is 12.3. The number of carbonyl (C=O) groups excluding carboxylic acids is 1. The van der Waals surface area contributed by atoms with Gasteiger partial charge >= 0.3 is 0 Å². The number of Topliss-reactive ketones (excluding diaryl/α,β-unsaturated/α-hetero) is 1. The molecule has 132 valence electrons. The van der Waals surface area contributed by atoms with Gasteiger partial charge < -0.3 is 14.2 Å². The van der Waals surface area contributed by atoms with Crippen LogP contribution in [-0.2, 0) is 11.2 Å². The van der Waals surface area contributed by atoms with Crippen molar-refractivity contribution in [2.24, 2.45) is 0 Å². The van der Waals surface area contributed by atoms with Gasteiger partial charge in [-0.1, -0.05) is 30.3 Å². The number of benzene rings is 2. The average molecular weight is 340 g/mol. The van der Waals surface area contributed by atoms with Crippen LogP contribution in [0.4, 0.5) is 0 Å². The van der Waals surface area contributed by atoms with E-state index in [9.17, 15) is 4.79 Å². The van der Waals surface area contributed by atoms with Gasteiger partial charge in [0.05, 0.1) is 20.3 Å². The maximum absolute atomic E-state index is 12.5. The molecule has 1 aliphatic heterocycles. The van der Waals surface area contributed by atoms with E-state index in [0.717, 1.165) is 19.3 Å². The van der Waals surface area contributed by atoms with Crippen LogP contribution in [-0.4, -0.2) is 32.2 Å². The van der Waals surface area contributed by atoms with Gasteiger partial charge in [-0.05, 0) is 36.6 Å². The van der Waals surface area contributed by atoms with Crippen molar-refractivity contribution in [1.29, 1.82) is 0 Å². The number of aryl methyl sites for hydroxylation is 1. The molecular formula is C21H24O4. The fourth-order valence-electron chi connectivity index (χ4n) is 2.97. The first kappa shape index (κ1) is 17.5. The normalized spacial score (nSPS) is 16.6. The summed E-state index contributed by atoms with van der Waals surface area (Å²) in [5, 5.41) is 0. The largest absolute Gasteiger partial charge is 0.493 e. The second-order valence-electron chi connectivity index (χ2n) is 6.23. The third-order valence-electron chi connectivity index (χ3n) is 4.38. The third-order valence-corrected chi connectivity index (χ3v) is 4.38. The Balaban J connectivity index is 1.61. The van der Waals surface area contributed by atoms with Crippen LogP contribution in [0.1, 0.15) is 35.2 Å². The Kier molecular flexibility index (Phi) is 6.07. The van der Waals surface area contributed by atoms with Crippen LogP contribution in [0.2, 0.25) is 0 Å². The van der Waals surface area contributed by atoms with Crippen LogP contribution in [0.15, 0.2) is 48.5 Å². The second-order valence-corrected chi connectivity index (χ2v) is 6.23. The molecule has 25 heavy (non-hydrogen) atoms. The number of ketones is 1. The van der Waals surface area contributed by atoms with Crippen molar-refractivity contribution in [1.82, 2.24) is 0 Å². The van der Waals surface area contributed by atoms with E-state index in [1.54, 1.807) is 19.2 Å². The fourth-order valence-corrected chi connectivity index (χ4v) is 2.97. The molecule has 1 saturated heterocycles. The van der Waals surface area contributed by atoms with Crippen LogP contribution in [0.3, 0.4) is 0 Å². The molecule has 0 aromatic heterocycles. The summed E-state index contributed by atoms with van der Waals surface area (Å²) in [6, 6.07) is 15.6. The predicted octanol–water partition coefficient (Wildman–Crippen LogP) is 4.07. The summed E-state index contributed by atoms with van der Waals surface area (Å²) in [7, 11) is 1.61. The van der Waals surface area contributed by atoms with Gasteiger partial charge in [-0.2, -0.15) is 0 Å². The second kappa shape index (κ2) is 8.67. The topological polar surface area (TPSA) is 44.8 Å². The Morgan fingerprint density at radius 2 is 2.00 bits per heavy atom. The van der Waals surface area contributed by atoms with Gasteiger partial charge in [-0.25, -0.2) is 0 Å². The summed E-state index contributed by atoms with van der Waals surface area (Å²) in [6.07, 6.45) is 3.15. The van der Waals surface area contributed by atoms with E-state index in [1.165, 1.54) is 5.56 Å². The summed E-state index contributed by atoms with van der Waals surface area (Å²) in [5.74, 6) is 1.39. The molecule has 4 heteroatoms. The summed E-state index contributed by atoms with van der Waals surface area (Å²) in [4.78, 5) is 12.5. The molecule has 0 spiro atoms. The van der Waals surface area contributed by atoms with Gasteiger partial charge in [-0.15, -0.1) is 0 Å². The van der Waals surface area contributed by atoms with Crippen LogP contribution < -0.4 is 9.47 Å². The highest BCUT2D eigenvalue weighted by Crippen LogP contribution is 2.30. The minimum Gasteiger partial charge on any atom is -0.493 e. The molecule has 0 radical (unpaired) electrons. The van der Waals surface area contributed by atoms with E-state index in [-0.39, 0.29) is 11.9 Å². The Hall–Kier alpha value is -2.33. The molecule has 2 aromatic rings. The summed E-state index contributed by atoms with van der Waals surface area (Å²) < 4.78 is 16.7. The molecular weight excluding hydrogens is 316 g/mol. The highest BCUT2D eigenvalue weighted by atomic mass is 16.6. The monoisotopic (exact) mass is 340 g/mol. The predicted molar refractivity (Wildman–Crippen MR) is 96.6 cm³/mol. The minimum absolute atomic E-state index is 0.0253. The minimum atomic E-state index is 0.0253. The van der Waals surface area contributed by atoms with Crippen molar-refractivity contribution >= 4 is 5.78 Å². The summed E-state index contributed by atoms with van der Waals surface area (Å²) in [5.41, 5.74) is 1.93. The molecule has 0 bridgehead atoms. The lowest BCUT2D eigenvalue weighted by Gasteiger charge is -2.15. The number of hydrogen-bond acceptors (Lipinski definition) is 4. The Morgan fingerprint density at radius 1 is 1.16 bits per heavy atom. The number of ether oxygens (including phenoxy) is 3. The van der Waals surface area contributed by atoms with E-state index < -0.39 is 0 Å². The molecule has 3 rings (SSSR count). The molecule has 0 N–H and O–H groups in total. The van der Waals surface area contributed by atoms with Crippen molar-refractivity contribution in [2.75, 3.05) is 20.3 Å². The molecule has 1 atom stereocenters. The van der Waals surface area contributed by atoms with E-state index in [2.05, 4.69) is 12.1 Å². The zero-order valence-electron chi connectivity index (χ0n) is 14.6. The first-order valence-electron chi connectivity index (χ1n) is 8.76. The zero-order chi connectivity index (χ0) is 17.5. The Morgan fingerprint density at radius 3 is 2.72 bits per heavy atom. The zero-order valence-corrected chi connectivity index (χ0v) is 14.6. The lowest BCUT2D eigenvalue weighted by atomic mass is 10.0. The third kappa shape index (κ3) is 4.83. The first-order valence-corrected chi connectivity index (χ1v) is 8.76. The quantitative estimate of drug-likeness (QED) is 0.680. The smallest absolute Gasteiger partial charge is 0.163 e. The number of carbonyl (C=O) groups is 1. The van der Waals surface area contributed by atoms with Crippen LogP contribution >= 0.6 is 0 Å². The lowest BCUT2D eigenvalue weighted by molar-refractivity contribution is 0.0979. The van der Waals surface area contributed by atoms with Crippen molar-refractivity contribution in [2.45, 2.75) is 31.8 Å². The van der Waals surface area contributed by atoms with Crippen LogP contribution in [0.25, 0.3) is 0 Å². The van der Waals surface area contributed by atoms with Gasteiger partial charge in [0.15, 0.2) is 17.3 Å². The van der Waals surface area contributed by atoms with Gasteiger partial charge in [0.1, 0.15) is 6.10 Å². The van der Waals surface area contributed by atoms with Gasteiger partial charge in [0, 0.05) is 18.4 Å². The Bertz CT molecular complexity index is 690. The standard InChI is InChI=1S/C21H24O4/c1-23-20-11-10-17(14-21(20)25-18-12-13-24-15-18)19(22)9-5-8-16-6-3-2-4-7-16/h2-4,6-7,10-11,14,18H,5,8-9,12-13,15H2,1H3. The van der Waals surface area contributed by atoms with E-state index in [4.69, 9.17) is 14.2 Å². The van der Waals surface area contributed by atoms with Gasteiger partial charge in [0.2, 0.25) is 0 Å². The SMILES string of the molecule is COc1ccc(C(=O)CCCc2ccccc2)cc1OC1CCOC1. The van der Waals surface area contributed by atoms with Crippen molar-refractivity contribution in [3.63, 3.8) is 0 Å². The molecule has 1 heterocycles. The lowest BCUT2D eigenvalue weighted by Crippen LogP contribution is -2.16. The molecule has 1 unspecified atom stereocenters. The van der Waals surface area contributed by atoms with Crippen molar-refractivity contribution < 1.29 is 19.0 Å². The highest BCUT2D eigenvalue weighted by Gasteiger charge is 2.20. The summed E-state index contributed by atoms with van der Waals surface area (Å²) in [6.45, 7) is 1.30. The number of hydrogen-bond donors (Lipinski definition) is 0. The van der Waals surface area contributed by atoms with Crippen molar-refractivity contribution in [3.05, 3.63) is 59.7 Å². The molecule has 2 aromatic carbocycles. The Labute approximate surface area is 148 Å². The molecule has 0 saturated carbocycles. The molecule has 0 amide bonds. The number of rotatable bonds is 8. The van der Waals surface area contributed by atoms with E-state index in [0.29, 0.717) is 36.7 Å². The maximum Gasteiger partial charge on any atom is 0.163 e. The molecule has 0 aliphatic carbocycles. The molecule has 1 aliphatic rings. The maximum atomic E-state index is 12.5. The molecule has 1 fully saturated rings. The van der Waals surface area contributed by atoms with Crippen molar-refractivity contribution in [3.8, 4) is 11.5 Å². The number of methoxy groups -OCH3 is 1. The highest BCUT2D eigenvalue weighted by molar-refractivity contribution is 5.96. The van der Waals surface area contributed by atoms with Gasteiger partial charge in [-0.3, -0.25) is 4.79 Å². The average Bonchev–Trinajstić information content (AvgIpc) is 3.15. The fraction of sp³-hybridized carbons (Fsp3) is 0.381. The van der Waals surface area contributed by atoms with E-state index >= 15 is 0 Å². The van der Waals surface area contributed by atoms with Gasteiger partial charge in [0.25, 0.3) is 0 Å². The van der Waals surface area contributed by atoms with Crippen LogP contribution in [0.5, 0.6) is 11.5 Å².